The van der Waals surface area contributed by atoms with Gasteiger partial charge in [0.25, 0.3) is 0 Å². The Labute approximate surface area is 130 Å². The summed E-state index contributed by atoms with van der Waals surface area (Å²) in [6.45, 7) is 6.95. The molecule has 1 aliphatic carbocycles. The molecule has 0 saturated heterocycles. The van der Waals surface area contributed by atoms with Gasteiger partial charge in [0.05, 0.1) is 5.38 Å². The number of carbonyl (C=O) groups excluding carboxylic acids is 1. The Balaban J connectivity index is 2.01. The lowest BCUT2D eigenvalue weighted by atomic mass is 9.98. The number of hydrogen-bond acceptors (Lipinski definition) is 4. The summed E-state index contributed by atoms with van der Waals surface area (Å²) in [5.74, 6) is 2.02. The van der Waals surface area contributed by atoms with E-state index < -0.39 is 0 Å². The highest BCUT2D eigenvalue weighted by Crippen LogP contribution is 2.25. The first kappa shape index (κ1) is 16.0. The molecule has 0 saturated carbocycles. The zero-order chi connectivity index (χ0) is 15.4. The van der Waals surface area contributed by atoms with Gasteiger partial charge in [0, 0.05) is 24.7 Å². The molecular formula is C16H22ClNO3. The summed E-state index contributed by atoms with van der Waals surface area (Å²) >= 11 is 6.52. The molecule has 0 aromatic rings. The van der Waals surface area contributed by atoms with Gasteiger partial charge in [-0.15, -0.1) is 11.6 Å². The van der Waals surface area contributed by atoms with Crippen LogP contribution in [0.4, 0.5) is 0 Å². The molecule has 1 heterocycles. The zero-order valence-corrected chi connectivity index (χ0v) is 13.5. The predicted octanol–water partition coefficient (Wildman–Crippen LogP) is 3.25. The number of hydrogen-bond donors (Lipinski definition) is 1. The molecule has 1 aliphatic heterocycles. The number of nitrogens with one attached hydrogen (secondary N) is 1. The maximum Gasteiger partial charge on any atom is 0.230 e. The van der Waals surface area contributed by atoms with E-state index in [2.05, 4.69) is 19.2 Å². The van der Waals surface area contributed by atoms with Gasteiger partial charge >= 0.3 is 0 Å². The van der Waals surface area contributed by atoms with Gasteiger partial charge in [-0.1, -0.05) is 13.8 Å². The smallest absolute Gasteiger partial charge is 0.230 e. The van der Waals surface area contributed by atoms with E-state index in [1.807, 2.05) is 13.0 Å². The first-order valence-electron chi connectivity index (χ1n) is 7.26. The Morgan fingerprint density at radius 1 is 1.43 bits per heavy atom. The first-order chi connectivity index (χ1) is 9.97. The standard InChI is InChI=1S/C16H22ClNO3/c1-10(2)14(7-16-11(3)20-9-21-16)15(17)8-18-12-4-5-13(19)6-12/h6-7,10,15,18H,4-5,8-9H2,1-3H3/b14-7+. The Bertz CT molecular complexity index is 506. The SMILES string of the molecule is CC1=C(/C=C(\C(C)C)C(Cl)CNC2=CC(=O)CC2)OCO1. The van der Waals surface area contributed by atoms with Crippen LogP contribution in [0.3, 0.4) is 0 Å². The van der Waals surface area contributed by atoms with Crippen LogP contribution in [-0.4, -0.2) is 24.5 Å². The predicted molar refractivity (Wildman–Crippen MR) is 82.6 cm³/mol. The number of rotatable bonds is 6. The molecule has 21 heavy (non-hydrogen) atoms. The van der Waals surface area contributed by atoms with Gasteiger partial charge < -0.3 is 14.8 Å². The van der Waals surface area contributed by atoms with Gasteiger partial charge in [0.15, 0.2) is 11.5 Å². The van der Waals surface area contributed by atoms with Gasteiger partial charge in [-0.2, -0.15) is 0 Å². The highest BCUT2D eigenvalue weighted by molar-refractivity contribution is 6.22. The van der Waals surface area contributed by atoms with Gasteiger partial charge in [-0.3, -0.25) is 4.79 Å². The van der Waals surface area contributed by atoms with Gasteiger partial charge in [-0.05, 0) is 30.9 Å². The molecule has 0 radical (unpaired) electrons. The Kier molecular flexibility index (Phi) is 5.34. The number of halogens is 1. The van der Waals surface area contributed by atoms with E-state index in [4.69, 9.17) is 21.1 Å². The van der Waals surface area contributed by atoms with E-state index in [0.717, 1.165) is 29.2 Å². The molecule has 0 aromatic heterocycles. The second-order valence-electron chi connectivity index (χ2n) is 5.61. The molecule has 0 aromatic carbocycles. The molecule has 2 rings (SSSR count). The third-order valence-electron chi connectivity index (χ3n) is 3.65. The fourth-order valence-electron chi connectivity index (χ4n) is 2.34. The first-order valence-corrected chi connectivity index (χ1v) is 7.70. The van der Waals surface area contributed by atoms with Crippen molar-refractivity contribution in [2.45, 2.75) is 39.0 Å². The molecule has 0 bridgehead atoms. The molecule has 1 atom stereocenters. The van der Waals surface area contributed by atoms with E-state index in [0.29, 0.717) is 18.9 Å². The van der Waals surface area contributed by atoms with Crippen LogP contribution in [0.1, 0.15) is 33.6 Å². The van der Waals surface area contributed by atoms with Crippen molar-refractivity contribution in [3.63, 3.8) is 0 Å². The maximum atomic E-state index is 11.2. The Hall–Kier alpha value is -1.42. The number of ether oxygens (including phenoxy) is 2. The van der Waals surface area contributed by atoms with E-state index >= 15 is 0 Å². The van der Waals surface area contributed by atoms with E-state index in [1.165, 1.54) is 0 Å². The molecule has 1 unspecified atom stereocenters. The van der Waals surface area contributed by atoms with Crippen molar-refractivity contribution >= 4 is 17.4 Å². The molecule has 0 fully saturated rings. The summed E-state index contributed by atoms with van der Waals surface area (Å²) in [7, 11) is 0. The fourth-order valence-corrected chi connectivity index (χ4v) is 2.73. The highest BCUT2D eigenvalue weighted by atomic mass is 35.5. The monoisotopic (exact) mass is 311 g/mol. The van der Waals surface area contributed by atoms with Crippen molar-refractivity contribution < 1.29 is 14.3 Å². The van der Waals surface area contributed by atoms with Gasteiger partial charge in [0.1, 0.15) is 5.76 Å². The van der Waals surface area contributed by atoms with Crippen LogP contribution in [-0.2, 0) is 14.3 Å². The molecule has 0 amide bonds. The molecule has 2 aliphatic rings. The summed E-state index contributed by atoms with van der Waals surface area (Å²) < 4.78 is 10.7. The molecule has 0 spiro atoms. The lowest BCUT2D eigenvalue weighted by molar-refractivity contribution is -0.114. The summed E-state index contributed by atoms with van der Waals surface area (Å²) in [6.07, 6.45) is 5.02. The van der Waals surface area contributed by atoms with Crippen molar-refractivity contribution in [2.75, 3.05) is 13.3 Å². The fraction of sp³-hybridized carbons (Fsp3) is 0.562. The minimum absolute atomic E-state index is 0.161. The topological polar surface area (TPSA) is 47.6 Å². The van der Waals surface area contributed by atoms with Crippen molar-refractivity contribution in [3.8, 4) is 0 Å². The summed E-state index contributed by atoms with van der Waals surface area (Å²) in [6, 6.07) is 0. The minimum atomic E-state index is -0.161. The Morgan fingerprint density at radius 3 is 2.71 bits per heavy atom. The Morgan fingerprint density at radius 2 is 2.19 bits per heavy atom. The normalized spacial score (nSPS) is 20.5. The van der Waals surface area contributed by atoms with Crippen molar-refractivity contribution in [1.29, 1.82) is 0 Å². The van der Waals surface area contributed by atoms with Crippen LogP contribution in [0.25, 0.3) is 0 Å². The molecule has 5 heteroatoms. The van der Waals surface area contributed by atoms with Crippen LogP contribution in [0.15, 0.2) is 34.9 Å². The van der Waals surface area contributed by atoms with E-state index in [-0.39, 0.29) is 18.0 Å². The molecule has 4 nitrogen and oxygen atoms in total. The lowest BCUT2D eigenvalue weighted by Gasteiger charge is -2.19. The maximum absolute atomic E-state index is 11.2. The minimum Gasteiger partial charge on any atom is -0.458 e. The molecular weight excluding hydrogens is 290 g/mol. The van der Waals surface area contributed by atoms with E-state index in [1.54, 1.807) is 6.08 Å². The molecule has 116 valence electrons. The van der Waals surface area contributed by atoms with E-state index in [9.17, 15) is 4.79 Å². The third-order valence-corrected chi connectivity index (χ3v) is 4.05. The third kappa shape index (κ3) is 4.27. The number of carbonyl (C=O) groups is 1. The van der Waals surface area contributed by atoms with Crippen LogP contribution in [0.5, 0.6) is 0 Å². The average Bonchev–Trinajstić information content (AvgIpc) is 3.02. The summed E-state index contributed by atoms with van der Waals surface area (Å²) in [5.41, 5.74) is 2.07. The second-order valence-corrected chi connectivity index (χ2v) is 6.14. The number of allylic oxidation sites excluding steroid dienone is 4. The van der Waals surface area contributed by atoms with Crippen molar-refractivity contribution in [2.24, 2.45) is 5.92 Å². The molecule has 1 N–H and O–H groups in total. The van der Waals surface area contributed by atoms with Crippen LogP contribution in [0, 0.1) is 5.92 Å². The van der Waals surface area contributed by atoms with Crippen molar-refractivity contribution in [1.82, 2.24) is 5.32 Å². The van der Waals surface area contributed by atoms with Crippen LogP contribution >= 0.6 is 11.6 Å². The largest absolute Gasteiger partial charge is 0.458 e. The quantitative estimate of drug-likeness (QED) is 0.765. The van der Waals surface area contributed by atoms with Crippen LogP contribution in [0.2, 0.25) is 0 Å². The lowest BCUT2D eigenvalue weighted by Crippen LogP contribution is -2.25. The highest BCUT2D eigenvalue weighted by Gasteiger charge is 2.20. The zero-order valence-electron chi connectivity index (χ0n) is 12.7. The van der Waals surface area contributed by atoms with Crippen molar-refractivity contribution in [3.05, 3.63) is 34.9 Å². The summed E-state index contributed by atoms with van der Waals surface area (Å²) in [5, 5.41) is 3.10. The average molecular weight is 312 g/mol. The van der Waals surface area contributed by atoms with Gasteiger partial charge in [0.2, 0.25) is 6.79 Å². The number of ketones is 1. The van der Waals surface area contributed by atoms with Crippen LogP contribution < -0.4 is 5.32 Å². The second kappa shape index (κ2) is 7.03. The summed E-state index contributed by atoms with van der Waals surface area (Å²) in [4.78, 5) is 11.2. The number of alkyl halides is 1. The van der Waals surface area contributed by atoms with Gasteiger partial charge in [-0.25, -0.2) is 0 Å².